The van der Waals surface area contributed by atoms with Gasteiger partial charge in [-0.15, -0.1) is 11.3 Å². The molecule has 1 aliphatic rings. The molecule has 0 amide bonds. The van der Waals surface area contributed by atoms with Crippen LogP contribution in [0.15, 0.2) is 17.5 Å². The van der Waals surface area contributed by atoms with Crippen molar-refractivity contribution < 1.29 is 9.90 Å². The van der Waals surface area contributed by atoms with Crippen molar-refractivity contribution in [3.8, 4) is 0 Å². The van der Waals surface area contributed by atoms with E-state index in [4.69, 9.17) is 5.11 Å². The highest BCUT2D eigenvalue weighted by Crippen LogP contribution is 2.18. The van der Waals surface area contributed by atoms with E-state index in [9.17, 15) is 4.79 Å². The summed E-state index contributed by atoms with van der Waals surface area (Å²) in [6.07, 6.45) is 2.09. The third-order valence-electron chi connectivity index (χ3n) is 2.85. The summed E-state index contributed by atoms with van der Waals surface area (Å²) in [5, 5.41) is 11.0. The maximum Gasteiger partial charge on any atom is 0.186 e. The van der Waals surface area contributed by atoms with Crippen LogP contribution in [0, 0.1) is 0 Å². The predicted molar refractivity (Wildman–Crippen MR) is 60.3 cm³/mol. The van der Waals surface area contributed by atoms with Crippen LogP contribution < -0.4 is 0 Å². The van der Waals surface area contributed by atoms with Crippen LogP contribution in [0.3, 0.4) is 0 Å². The molecule has 0 bridgehead atoms. The van der Waals surface area contributed by atoms with E-state index in [1.165, 1.54) is 11.3 Å². The minimum atomic E-state index is 0.164. The fourth-order valence-corrected chi connectivity index (χ4v) is 2.67. The van der Waals surface area contributed by atoms with E-state index in [0.29, 0.717) is 6.54 Å². The molecule has 2 heterocycles. The van der Waals surface area contributed by atoms with Crippen molar-refractivity contribution in [3.05, 3.63) is 22.4 Å². The first-order chi connectivity index (χ1) is 7.31. The lowest BCUT2D eigenvalue weighted by atomic mass is 10.2. The van der Waals surface area contributed by atoms with Crippen LogP contribution in [-0.2, 0) is 0 Å². The number of aliphatic hydroxyl groups is 1. The summed E-state index contributed by atoms with van der Waals surface area (Å²) in [4.78, 5) is 14.7. The van der Waals surface area contributed by atoms with Gasteiger partial charge in [0.25, 0.3) is 0 Å². The number of rotatable bonds is 4. The van der Waals surface area contributed by atoms with E-state index < -0.39 is 0 Å². The zero-order valence-corrected chi connectivity index (χ0v) is 9.37. The molecule has 1 N–H and O–H groups in total. The van der Waals surface area contributed by atoms with Gasteiger partial charge in [-0.3, -0.25) is 9.69 Å². The smallest absolute Gasteiger partial charge is 0.186 e. The van der Waals surface area contributed by atoms with Crippen molar-refractivity contribution in [2.75, 3.05) is 19.7 Å². The number of hydrogen-bond acceptors (Lipinski definition) is 4. The molecule has 0 saturated carbocycles. The van der Waals surface area contributed by atoms with Gasteiger partial charge in [-0.25, -0.2) is 0 Å². The first kappa shape index (κ1) is 10.8. The Morgan fingerprint density at radius 2 is 2.53 bits per heavy atom. The minimum Gasteiger partial charge on any atom is -0.395 e. The van der Waals surface area contributed by atoms with Gasteiger partial charge in [0.05, 0.1) is 18.0 Å². The highest BCUT2D eigenvalue weighted by molar-refractivity contribution is 7.12. The van der Waals surface area contributed by atoms with Gasteiger partial charge in [-0.1, -0.05) is 6.07 Å². The lowest BCUT2D eigenvalue weighted by molar-refractivity contribution is 0.0892. The fourth-order valence-electron chi connectivity index (χ4n) is 2.01. The quantitative estimate of drug-likeness (QED) is 0.787. The SMILES string of the molecule is O=C(CN1CCCC1CO)c1cccs1. The van der Waals surface area contributed by atoms with Gasteiger partial charge in [0.1, 0.15) is 0 Å². The van der Waals surface area contributed by atoms with Gasteiger partial charge < -0.3 is 5.11 Å². The zero-order chi connectivity index (χ0) is 10.7. The molecule has 82 valence electrons. The Morgan fingerprint density at radius 1 is 1.67 bits per heavy atom. The summed E-state index contributed by atoms with van der Waals surface area (Å²) in [5.41, 5.74) is 0. The molecular formula is C11H15NO2S. The van der Waals surface area contributed by atoms with Crippen molar-refractivity contribution >= 4 is 17.1 Å². The van der Waals surface area contributed by atoms with Gasteiger partial charge in [-0.2, -0.15) is 0 Å². The molecule has 1 fully saturated rings. The molecule has 1 aromatic heterocycles. The van der Waals surface area contributed by atoms with Crippen LogP contribution in [0.5, 0.6) is 0 Å². The van der Waals surface area contributed by atoms with Gasteiger partial charge in [0, 0.05) is 6.04 Å². The summed E-state index contributed by atoms with van der Waals surface area (Å²) < 4.78 is 0. The summed E-state index contributed by atoms with van der Waals surface area (Å²) in [6.45, 7) is 1.55. The van der Waals surface area contributed by atoms with Crippen LogP contribution >= 0.6 is 11.3 Å². The first-order valence-electron chi connectivity index (χ1n) is 5.23. The number of nitrogens with zero attached hydrogens (tertiary/aromatic N) is 1. The molecule has 1 aliphatic heterocycles. The standard InChI is InChI=1S/C11H15NO2S/c13-8-9-3-1-5-12(9)7-10(14)11-4-2-6-15-11/h2,4,6,9,13H,1,3,5,7-8H2. The molecule has 0 aromatic carbocycles. The Morgan fingerprint density at radius 3 is 3.20 bits per heavy atom. The summed E-state index contributed by atoms with van der Waals surface area (Å²) >= 11 is 1.48. The Bertz CT molecular complexity index is 323. The molecule has 1 unspecified atom stereocenters. The largest absolute Gasteiger partial charge is 0.395 e. The van der Waals surface area contributed by atoms with Gasteiger partial charge >= 0.3 is 0 Å². The highest BCUT2D eigenvalue weighted by Gasteiger charge is 2.25. The number of Topliss-reactive ketones (excluding diaryl/α,β-unsaturated/α-hetero) is 1. The van der Waals surface area contributed by atoms with E-state index in [1.54, 1.807) is 0 Å². The number of aliphatic hydroxyl groups excluding tert-OH is 1. The molecule has 0 radical (unpaired) electrons. The lowest BCUT2D eigenvalue weighted by Gasteiger charge is -2.21. The Labute approximate surface area is 93.3 Å². The second-order valence-electron chi connectivity index (χ2n) is 3.85. The van der Waals surface area contributed by atoms with Crippen molar-refractivity contribution in [1.82, 2.24) is 4.90 Å². The van der Waals surface area contributed by atoms with Gasteiger partial charge in [0.2, 0.25) is 0 Å². The molecule has 1 atom stereocenters. The molecule has 2 rings (SSSR count). The molecule has 1 aromatic rings. The second kappa shape index (κ2) is 4.88. The van der Waals surface area contributed by atoms with E-state index in [1.807, 2.05) is 17.5 Å². The van der Waals surface area contributed by atoms with E-state index >= 15 is 0 Å². The monoisotopic (exact) mass is 225 g/mol. The molecule has 3 nitrogen and oxygen atoms in total. The van der Waals surface area contributed by atoms with E-state index in [2.05, 4.69) is 4.90 Å². The number of thiophene rings is 1. The molecule has 4 heteroatoms. The van der Waals surface area contributed by atoms with Gasteiger partial charge in [-0.05, 0) is 30.8 Å². The van der Waals surface area contributed by atoms with Crippen molar-refractivity contribution in [2.45, 2.75) is 18.9 Å². The molecule has 0 aliphatic carbocycles. The highest BCUT2D eigenvalue weighted by atomic mass is 32.1. The zero-order valence-electron chi connectivity index (χ0n) is 8.56. The molecule has 0 spiro atoms. The fraction of sp³-hybridized carbons (Fsp3) is 0.545. The van der Waals surface area contributed by atoms with Crippen LogP contribution in [-0.4, -0.2) is 41.5 Å². The van der Waals surface area contributed by atoms with Crippen LogP contribution in [0.4, 0.5) is 0 Å². The average molecular weight is 225 g/mol. The summed E-state index contributed by atoms with van der Waals surface area (Å²) in [7, 11) is 0. The van der Waals surface area contributed by atoms with Crippen molar-refractivity contribution in [2.24, 2.45) is 0 Å². The number of hydrogen-bond donors (Lipinski definition) is 1. The Hall–Kier alpha value is -0.710. The third-order valence-corrected chi connectivity index (χ3v) is 3.76. The summed E-state index contributed by atoms with van der Waals surface area (Å²) in [6, 6.07) is 3.94. The predicted octanol–water partition coefficient (Wildman–Crippen LogP) is 1.39. The van der Waals surface area contributed by atoms with Gasteiger partial charge in [0.15, 0.2) is 5.78 Å². The summed E-state index contributed by atoms with van der Waals surface area (Å²) in [5.74, 6) is 0.172. The number of ketones is 1. The molecular weight excluding hydrogens is 210 g/mol. The third kappa shape index (κ3) is 2.45. The number of likely N-dealkylation sites (tertiary alicyclic amines) is 1. The van der Waals surface area contributed by atoms with Crippen LogP contribution in [0.2, 0.25) is 0 Å². The Kier molecular flexibility index (Phi) is 3.51. The average Bonchev–Trinajstić information content (AvgIpc) is 2.87. The van der Waals surface area contributed by atoms with Crippen molar-refractivity contribution in [3.63, 3.8) is 0 Å². The van der Waals surface area contributed by atoms with E-state index in [-0.39, 0.29) is 18.4 Å². The van der Waals surface area contributed by atoms with Crippen LogP contribution in [0.25, 0.3) is 0 Å². The number of carbonyl (C=O) groups excluding carboxylic acids is 1. The second-order valence-corrected chi connectivity index (χ2v) is 4.80. The first-order valence-corrected chi connectivity index (χ1v) is 6.11. The Balaban J connectivity index is 1.94. The minimum absolute atomic E-state index is 0.164. The topological polar surface area (TPSA) is 40.5 Å². The lowest BCUT2D eigenvalue weighted by Crippen LogP contribution is -2.36. The normalized spacial score (nSPS) is 22.1. The maximum atomic E-state index is 11.8. The number of carbonyl (C=O) groups is 1. The molecule has 1 saturated heterocycles. The van der Waals surface area contributed by atoms with E-state index in [0.717, 1.165) is 24.3 Å². The maximum absolute atomic E-state index is 11.8. The van der Waals surface area contributed by atoms with Crippen molar-refractivity contribution in [1.29, 1.82) is 0 Å². The molecule has 15 heavy (non-hydrogen) atoms. The van der Waals surface area contributed by atoms with Crippen LogP contribution in [0.1, 0.15) is 22.5 Å².